The van der Waals surface area contributed by atoms with Gasteiger partial charge in [0.1, 0.15) is 5.82 Å². The molecular formula is C19H26ClFN4O2. The molecule has 2 aliphatic rings. The maximum atomic E-state index is 13.5. The largest absolute Gasteiger partial charge is 0.341 e. The minimum Gasteiger partial charge on any atom is -0.341 e. The van der Waals surface area contributed by atoms with E-state index < -0.39 is 5.82 Å². The SMILES string of the molecule is CC[C@]1(N2CCN(C(=O)c3cc(F)ccc3Cl)CC2)CCN(C(=O)NC)C1. The summed E-state index contributed by atoms with van der Waals surface area (Å²) in [6, 6.07) is 3.82. The molecule has 27 heavy (non-hydrogen) atoms. The van der Waals surface area contributed by atoms with Gasteiger partial charge < -0.3 is 15.1 Å². The second-order valence-electron chi connectivity index (χ2n) is 7.21. The Bertz CT molecular complexity index is 724. The number of likely N-dealkylation sites (tertiary alicyclic amines) is 1. The van der Waals surface area contributed by atoms with Crippen molar-refractivity contribution in [3.05, 3.63) is 34.6 Å². The van der Waals surface area contributed by atoms with Gasteiger partial charge in [0.15, 0.2) is 0 Å². The first-order chi connectivity index (χ1) is 12.9. The predicted octanol–water partition coefficient (Wildman–Crippen LogP) is 2.43. The van der Waals surface area contributed by atoms with E-state index in [1.54, 1.807) is 11.9 Å². The van der Waals surface area contributed by atoms with Crippen LogP contribution in [0, 0.1) is 5.82 Å². The van der Waals surface area contributed by atoms with Crippen LogP contribution in [0.4, 0.5) is 9.18 Å². The first-order valence-electron chi connectivity index (χ1n) is 9.36. The van der Waals surface area contributed by atoms with E-state index in [4.69, 9.17) is 11.6 Å². The maximum Gasteiger partial charge on any atom is 0.317 e. The van der Waals surface area contributed by atoms with Crippen LogP contribution in [-0.2, 0) is 0 Å². The summed E-state index contributed by atoms with van der Waals surface area (Å²) in [5.74, 6) is -0.699. The molecule has 8 heteroatoms. The lowest BCUT2D eigenvalue weighted by molar-refractivity contribution is 0.0301. The molecule has 0 aromatic heterocycles. The average Bonchev–Trinajstić information content (AvgIpc) is 3.15. The third-order valence-electron chi connectivity index (χ3n) is 5.89. The van der Waals surface area contributed by atoms with Crippen molar-refractivity contribution in [3.8, 4) is 0 Å². The van der Waals surface area contributed by atoms with Gasteiger partial charge in [0.2, 0.25) is 0 Å². The molecule has 2 heterocycles. The van der Waals surface area contributed by atoms with Crippen LogP contribution in [-0.4, -0.2) is 78.5 Å². The van der Waals surface area contributed by atoms with Crippen molar-refractivity contribution in [2.75, 3.05) is 46.3 Å². The van der Waals surface area contributed by atoms with Gasteiger partial charge in [-0.15, -0.1) is 0 Å². The highest BCUT2D eigenvalue weighted by Crippen LogP contribution is 2.32. The summed E-state index contributed by atoms with van der Waals surface area (Å²) in [6.07, 6.45) is 1.88. The molecule has 0 aliphatic carbocycles. The van der Waals surface area contributed by atoms with E-state index in [1.165, 1.54) is 18.2 Å². The lowest BCUT2D eigenvalue weighted by Crippen LogP contribution is -2.59. The van der Waals surface area contributed by atoms with Crippen molar-refractivity contribution in [1.82, 2.24) is 20.0 Å². The number of amides is 3. The fourth-order valence-corrected chi connectivity index (χ4v) is 4.37. The Hall–Kier alpha value is -1.86. The summed E-state index contributed by atoms with van der Waals surface area (Å²) >= 11 is 6.08. The molecule has 3 rings (SSSR count). The van der Waals surface area contributed by atoms with E-state index in [2.05, 4.69) is 17.1 Å². The zero-order chi connectivity index (χ0) is 19.6. The van der Waals surface area contributed by atoms with E-state index in [-0.39, 0.29) is 28.1 Å². The summed E-state index contributed by atoms with van der Waals surface area (Å²) < 4.78 is 13.5. The fraction of sp³-hybridized carbons (Fsp3) is 0.579. The van der Waals surface area contributed by atoms with Crippen LogP contribution in [0.5, 0.6) is 0 Å². The van der Waals surface area contributed by atoms with Gasteiger partial charge in [-0.2, -0.15) is 0 Å². The van der Waals surface area contributed by atoms with Crippen molar-refractivity contribution in [2.24, 2.45) is 0 Å². The van der Waals surface area contributed by atoms with Crippen LogP contribution in [0.25, 0.3) is 0 Å². The number of carbonyl (C=O) groups is 2. The summed E-state index contributed by atoms with van der Waals surface area (Å²) in [5, 5.41) is 2.96. The molecule has 1 atom stereocenters. The van der Waals surface area contributed by atoms with Crippen LogP contribution < -0.4 is 5.32 Å². The maximum absolute atomic E-state index is 13.5. The molecular weight excluding hydrogens is 371 g/mol. The summed E-state index contributed by atoms with van der Waals surface area (Å²) in [5.41, 5.74) is 0.167. The van der Waals surface area contributed by atoms with Crippen LogP contribution in [0.2, 0.25) is 5.02 Å². The lowest BCUT2D eigenvalue weighted by Gasteiger charge is -2.45. The second-order valence-corrected chi connectivity index (χ2v) is 7.62. The Morgan fingerprint density at radius 2 is 1.89 bits per heavy atom. The minimum absolute atomic E-state index is 0.0418. The highest BCUT2D eigenvalue weighted by atomic mass is 35.5. The minimum atomic E-state index is -0.466. The van der Waals surface area contributed by atoms with Crippen molar-refractivity contribution in [1.29, 1.82) is 0 Å². The number of urea groups is 1. The van der Waals surface area contributed by atoms with Gasteiger partial charge in [-0.1, -0.05) is 18.5 Å². The zero-order valence-corrected chi connectivity index (χ0v) is 16.6. The Labute approximate surface area is 164 Å². The number of carbonyl (C=O) groups excluding carboxylic acids is 2. The Kier molecular flexibility index (Phi) is 5.91. The van der Waals surface area contributed by atoms with Crippen molar-refractivity contribution in [2.45, 2.75) is 25.3 Å². The van der Waals surface area contributed by atoms with Gasteiger partial charge in [0, 0.05) is 51.9 Å². The van der Waals surface area contributed by atoms with Crippen LogP contribution in [0.1, 0.15) is 30.1 Å². The second kappa shape index (κ2) is 8.02. The quantitative estimate of drug-likeness (QED) is 0.853. The molecule has 3 amide bonds. The number of hydrogen-bond acceptors (Lipinski definition) is 3. The van der Waals surface area contributed by atoms with Crippen LogP contribution >= 0.6 is 11.6 Å². The van der Waals surface area contributed by atoms with E-state index >= 15 is 0 Å². The topological polar surface area (TPSA) is 55.9 Å². The Morgan fingerprint density at radius 1 is 1.19 bits per heavy atom. The van der Waals surface area contributed by atoms with E-state index in [1.807, 2.05) is 4.90 Å². The number of rotatable bonds is 3. The van der Waals surface area contributed by atoms with Crippen molar-refractivity contribution in [3.63, 3.8) is 0 Å². The lowest BCUT2D eigenvalue weighted by atomic mass is 9.92. The normalized spacial score (nSPS) is 23.6. The van der Waals surface area contributed by atoms with E-state index in [0.29, 0.717) is 19.6 Å². The van der Waals surface area contributed by atoms with E-state index in [0.717, 1.165) is 32.5 Å². The van der Waals surface area contributed by atoms with Crippen molar-refractivity contribution >= 4 is 23.5 Å². The Morgan fingerprint density at radius 3 is 2.52 bits per heavy atom. The third kappa shape index (κ3) is 3.89. The standard InChI is InChI=1S/C19H26ClFN4O2/c1-3-19(6-7-24(13-19)18(27)22-2)25-10-8-23(9-11-25)17(26)15-12-14(21)4-5-16(15)20/h4-5,12H,3,6-11,13H2,1-2H3,(H,22,27)/t19-/m0/s1. The molecule has 2 fully saturated rings. The molecule has 6 nitrogen and oxygen atoms in total. The molecule has 0 bridgehead atoms. The van der Waals surface area contributed by atoms with Gasteiger partial charge in [-0.3, -0.25) is 9.69 Å². The Balaban J connectivity index is 1.65. The van der Waals surface area contributed by atoms with Gasteiger partial charge in [0.25, 0.3) is 5.91 Å². The van der Waals surface area contributed by atoms with E-state index in [9.17, 15) is 14.0 Å². The molecule has 0 unspecified atom stereocenters. The van der Waals surface area contributed by atoms with Crippen LogP contribution in [0.15, 0.2) is 18.2 Å². The zero-order valence-electron chi connectivity index (χ0n) is 15.8. The molecule has 1 aromatic rings. The first-order valence-corrected chi connectivity index (χ1v) is 9.74. The highest BCUT2D eigenvalue weighted by molar-refractivity contribution is 6.33. The predicted molar refractivity (Wildman–Crippen MR) is 103 cm³/mol. The number of halogens is 2. The summed E-state index contributed by atoms with van der Waals surface area (Å²) in [7, 11) is 1.65. The van der Waals surface area contributed by atoms with Crippen molar-refractivity contribution < 1.29 is 14.0 Å². The molecule has 0 spiro atoms. The molecule has 2 aliphatic heterocycles. The van der Waals surface area contributed by atoms with Gasteiger partial charge in [0.05, 0.1) is 10.6 Å². The number of nitrogens with zero attached hydrogens (tertiary/aromatic N) is 3. The monoisotopic (exact) mass is 396 g/mol. The average molecular weight is 397 g/mol. The number of piperazine rings is 1. The summed E-state index contributed by atoms with van der Waals surface area (Å²) in [6.45, 7) is 6.18. The first kappa shape index (κ1) is 19.9. The molecule has 148 valence electrons. The molecule has 1 aromatic carbocycles. The molecule has 1 N–H and O–H groups in total. The number of benzene rings is 1. The molecule has 0 radical (unpaired) electrons. The third-order valence-corrected chi connectivity index (χ3v) is 6.22. The van der Waals surface area contributed by atoms with Gasteiger partial charge in [-0.05, 0) is 31.0 Å². The van der Waals surface area contributed by atoms with Crippen LogP contribution in [0.3, 0.4) is 0 Å². The number of nitrogens with one attached hydrogen (secondary N) is 1. The van der Waals surface area contributed by atoms with Gasteiger partial charge >= 0.3 is 6.03 Å². The highest BCUT2D eigenvalue weighted by Gasteiger charge is 2.44. The molecule has 0 saturated carbocycles. The smallest absolute Gasteiger partial charge is 0.317 e. The number of hydrogen-bond donors (Lipinski definition) is 1. The van der Waals surface area contributed by atoms with Gasteiger partial charge in [-0.25, -0.2) is 9.18 Å². The summed E-state index contributed by atoms with van der Waals surface area (Å²) in [4.78, 5) is 30.7. The fourth-order valence-electron chi connectivity index (χ4n) is 4.17. The molecule has 2 saturated heterocycles.